The number of hydrogen-bond acceptors (Lipinski definition) is 3. The van der Waals surface area contributed by atoms with Gasteiger partial charge in [0.05, 0.1) is 23.8 Å². The van der Waals surface area contributed by atoms with E-state index in [9.17, 15) is 4.79 Å². The van der Waals surface area contributed by atoms with Gasteiger partial charge in [-0.3, -0.25) is 4.79 Å². The molecule has 0 aliphatic heterocycles. The van der Waals surface area contributed by atoms with Gasteiger partial charge in [-0.2, -0.15) is 0 Å². The van der Waals surface area contributed by atoms with Crippen LogP contribution in [0.1, 0.15) is 22.1 Å². The Labute approximate surface area is 156 Å². The van der Waals surface area contributed by atoms with Crippen molar-refractivity contribution in [1.29, 1.82) is 0 Å². The number of benzene rings is 2. The predicted molar refractivity (Wildman–Crippen MR) is 103 cm³/mol. The Morgan fingerprint density at radius 1 is 1.00 bits per heavy atom. The molecule has 3 rings (SSSR count). The zero-order valence-electron chi connectivity index (χ0n) is 13.5. The van der Waals surface area contributed by atoms with Crippen LogP contribution in [0.2, 0.25) is 5.02 Å². The van der Waals surface area contributed by atoms with Crippen molar-refractivity contribution in [3.05, 3.63) is 94.9 Å². The second kappa shape index (κ2) is 8.79. The summed E-state index contributed by atoms with van der Waals surface area (Å²) in [5, 5.41) is 3.66. The van der Waals surface area contributed by atoms with Gasteiger partial charge in [-0.15, -0.1) is 11.8 Å². The van der Waals surface area contributed by atoms with E-state index < -0.39 is 0 Å². The summed E-state index contributed by atoms with van der Waals surface area (Å²) >= 11 is 7.59. The number of halogens is 1. The van der Waals surface area contributed by atoms with Crippen molar-refractivity contribution in [2.75, 3.05) is 5.75 Å². The van der Waals surface area contributed by atoms with E-state index >= 15 is 0 Å². The minimum absolute atomic E-state index is 0.0173. The Bertz CT molecular complexity index is 788. The summed E-state index contributed by atoms with van der Waals surface area (Å²) in [5.74, 6) is 1.09. The van der Waals surface area contributed by atoms with Crippen molar-refractivity contribution >= 4 is 29.3 Å². The monoisotopic (exact) mass is 371 g/mol. The van der Waals surface area contributed by atoms with E-state index in [1.54, 1.807) is 18.0 Å². The zero-order chi connectivity index (χ0) is 17.5. The molecule has 128 valence electrons. The molecule has 0 unspecified atom stereocenters. The van der Waals surface area contributed by atoms with Gasteiger partial charge in [0, 0.05) is 5.02 Å². The van der Waals surface area contributed by atoms with E-state index in [4.69, 9.17) is 16.0 Å². The first-order valence-electron chi connectivity index (χ1n) is 7.93. The number of carbonyl (C=O) groups excluding carboxylic acids is 1. The normalized spacial score (nSPS) is 11.9. The number of thioether (sulfide) groups is 1. The third kappa shape index (κ3) is 5.15. The summed E-state index contributed by atoms with van der Waals surface area (Å²) < 4.78 is 5.23. The van der Waals surface area contributed by atoms with Gasteiger partial charge in [0.25, 0.3) is 0 Å². The van der Waals surface area contributed by atoms with Crippen LogP contribution in [0, 0.1) is 0 Å². The molecule has 0 bridgehead atoms. The molecule has 0 aliphatic carbocycles. The largest absolute Gasteiger partial charge is 0.467 e. The molecule has 0 saturated carbocycles. The topological polar surface area (TPSA) is 42.2 Å². The van der Waals surface area contributed by atoms with Crippen LogP contribution in [0.15, 0.2) is 77.4 Å². The second-order valence-electron chi connectivity index (χ2n) is 5.51. The van der Waals surface area contributed by atoms with Crippen molar-refractivity contribution in [2.45, 2.75) is 11.8 Å². The molecule has 1 atom stereocenters. The minimum Gasteiger partial charge on any atom is -0.467 e. The van der Waals surface area contributed by atoms with E-state index in [-0.39, 0.29) is 11.2 Å². The Morgan fingerprint density at radius 3 is 2.40 bits per heavy atom. The molecule has 1 heterocycles. The molecule has 1 amide bonds. The Hall–Kier alpha value is -2.17. The van der Waals surface area contributed by atoms with E-state index in [0.29, 0.717) is 17.3 Å². The fraction of sp³-hybridized carbons (Fsp3) is 0.150. The van der Waals surface area contributed by atoms with E-state index in [0.717, 1.165) is 16.9 Å². The highest BCUT2D eigenvalue weighted by Gasteiger charge is 2.16. The van der Waals surface area contributed by atoms with Gasteiger partial charge in [-0.05, 0) is 35.4 Å². The van der Waals surface area contributed by atoms with Crippen molar-refractivity contribution in [1.82, 2.24) is 5.32 Å². The highest BCUT2D eigenvalue weighted by atomic mass is 35.5. The summed E-state index contributed by atoms with van der Waals surface area (Å²) in [6.07, 6.45) is 1.60. The van der Waals surface area contributed by atoms with Crippen LogP contribution in [-0.4, -0.2) is 11.7 Å². The molecule has 3 nitrogen and oxygen atoms in total. The first-order chi connectivity index (χ1) is 12.2. The van der Waals surface area contributed by atoms with Gasteiger partial charge >= 0.3 is 0 Å². The van der Waals surface area contributed by atoms with Crippen LogP contribution in [0.3, 0.4) is 0 Å². The lowest BCUT2D eigenvalue weighted by Gasteiger charge is -2.17. The van der Waals surface area contributed by atoms with E-state index in [2.05, 4.69) is 17.4 Å². The molecule has 0 radical (unpaired) electrons. The first kappa shape index (κ1) is 17.6. The fourth-order valence-corrected chi connectivity index (χ4v) is 3.70. The lowest BCUT2D eigenvalue weighted by atomic mass is 10.0. The third-order valence-electron chi connectivity index (χ3n) is 3.70. The van der Waals surface area contributed by atoms with E-state index in [1.807, 2.05) is 54.6 Å². The van der Waals surface area contributed by atoms with Crippen LogP contribution in [0.25, 0.3) is 0 Å². The molecule has 25 heavy (non-hydrogen) atoms. The number of hydrogen-bond donors (Lipinski definition) is 1. The average Bonchev–Trinajstić information content (AvgIpc) is 3.16. The van der Waals surface area contributed by atoms with Gasteiger partial charge in [-0.1, -0.05) is 54.1 Å². The highest BCUT2D eigenvalue weighted by molar-refractivity contribution is 8.00. The number of carbonyl (C=O) groups is 1. The molecule has 2 aromatic carbocycles. The SMILES string of the molecule is O=C(CS[C@H](c1ccccc1)c1ccc(Cl)cc1)NCc1ccco1. The van der Waals surface area contributed by atoms with E-state index in [1.165, 1.54) is 0 Å². The predicted octanol–water partition coefficient (Wildman–Crippen LogP) is 5.07. The molecule has 1 N–H and O–H groups in total. The van der Waals surface area contributed by atoms with Gasteiger partial charge in [0.15, 0.2) is 0 Å². The standard InChI is InChI=1S/C20H18ClNO2S/c21-17-10-8-16(9-11-17)20(15-5-2-1-3-6-15)25-14-19(23)22-13-18-7-4-12-24-18/h1-12,20H,13-14H2,(H,22,23)/t20-/m1/s1. The lowest BCUT2D eigenvalue weighted by Crippen LogP contribution is -2.24. The molecule has 1 aromatic heterocycles. The van der Waals surface area contributed by atoms with Crippen molar-refractivity contribution in [3.63, 3.8) is 0 Å². The maximum Gasteiger partial charge on any atom is 0.230 e. The molecule has 3 aromatic rings. The molecule has 0 spiro atoms. The molecule has 0 fully saturated rings. The number of furan rings is 1. The smallest absolute Gasteiger partial charge is 0.230 e. The molecule has 5 heteroatoms. The van der Waals surface area contributed by atoms with Crippen LogP contribution < -0.4 is 5.32 Å². The minimum atomic E-state index is -0.0173. The number of nitrogens with one attached hydrogen (secondary N) is 1. The van der Waals surface area contributed by atoms with Crippen LogP contribution >= 0.6 is 23.4 Å². The van der Waals surface area contributed by atoms with Crippen LogP contribution in [-0.2, 0) is 11.3 Å². The Morgan fingerprint density at radius 2 is 1.72 bits per heavy atom. The summed E-state index contributed by atoms with van der Waals surface area (Å²) in [5.41, 5.74) is 2.29. The number of amides is 1. The quantitative estimate of drug-likeness (QED) is 0.630. The molecule has 0 saturated heterocycles. The summed E-state index contributed by atoms with van der Waals surface area (Å²) in [7, 11) is 0. The van der Waals surface area contributed by atoms with Crippen molar-refractivity contribution in [3.8, 4) is 0 Å². The van der Waals surface area contributed by atoms with Crippen molar-refractivity contribution in [2.24, 2.45) is 0 Å². The van der Waals surface area contributed by atoms with Crippen molar-refractivity contribution < 1.29 is 9.21 Å². The summed E-state index contributed by atoms with van der Waals surface area (Å²) in [6.45, 7) is 0.406. The van der Waals surface area contributed by atoms with Gasteiger partial charge in [0.2, 0.25) is 5.91 Å². The van der Waals surface area contributed by atoms with Gasteiger partial charge < -0.3 is 9.73 Å². The highest BCUT2D eigenvalue weighted by Crippen LogP contribution is 2.35. The molecular formula is C20H18ClNO2S. The molecule has 0 aliphatic rings. The van der Waals surface area contributed by atoms with Crippen LogP contribution in [0.5, 0.6) is 0 Å². The van der Waals surface area contributed by atoms with Gasteiger partial charge in [0.1, 0.15) is 5.76 Å². The fourth-order valence-electron chi connectivity index (χ4n) is 2.46. The third-order valence-corrected chi connectivity index (χ3v) is 5.25. The maximum atomic E-state index is 12.2. The lowest BCUT2D eigenvalue weighted by molar-refractivity contribution is -0.118. The van der Waals surface area contributed by atoms with Crippen LogP contribution in [0.4, 0.5) is 0 Å². The summed E-state index contributed by atoms with van der Waals surface area (Å²) in [6, 6.07) is 21.6. The molecular weight excluding hydrogens is 354 g/mol. The van der Waals surface area contributed by atoms with Gasteiger partial charge in [-0.25, -0.2) is 0 Å². The first-order valence-corrected chi connectivity index (χ1v) is 9.36. The summed E-state index contributed by atoms with van der Waals surface area (Å²) in [4.78, 5) is 12.2. The Kier molecular flexibility index (Phi) is 6.20. The zero-order valence-corrected chi connectivity index (χ0v) is 15.1. The Balaban J connectivity index is 1.65. The maximum absolute atomic E-state index is 12.2. The number of rotatable bonds is 7. The average molecular weight is 372 g/mol. The second-order valence-corrected chi connectivity index (χ2v) is 7.04.